The summed E-state index contributed by atoms with van der Waals surface area (Å²) in [6, 6.07) is 12.6. The van der Waals surface area contributed by atoms with Gasteiger partial charge in [0.15, 0.2) is 0 Å². The normalized spacial score (nSPS) is 10.9. The summed E-state index contributed by atoms with van der Waals surface area (Å²) in [6.07, 6.45) is 0.105. The SMILES string of the molecule is Cc1cc(C)cc(OCCN(C)C(=O)CCn2[nH]c(=O)c3ccccc3c2=O)c1. The molecule has 0 aliphatic rings. The summed E-state index contributed by atoms with van der Waals surface area (Å²) in [4.78, 5) is 38.6. The van der Waals surface area contributed by atoms with Gasteiger partial charge in [0.25, 0.3) is 11.1 Å². The first kappa shape index (κ1) is 20.4. The molecule has 7 heteroatoms. The van der Waals surface area contributed by atoms with Crippen molar-refractivity contribution in [1.82, 2.24) is 14.7 Å². The number of carbonyl (C=O) groups excluding carboxylic acids is 1. The molecule has 29 heavy (non-hydrogen) atoms. The molecule has 0 aliphatic carbocycles. The quantitative estimate of drug-likeness (QED) is 0.665. The van der Waals surface area contributed by atoms with Crippen molar-refractivity contribution in [3.63, 3.8) is 0 Å². The van der Waals surface area contributed by atoms with Crippen LogP contribution in [0, 0.1) is 13.8 Å². The molecule has 0 fully saturated rings. The Hall–Kier alpha value is -3.35. The molecule has 1 amide bonds. The fraction of sp³-hybridized carbons (Fsp3) is 0.318. The Labute approximate surface area is 168 Å². The molecule has 0 aliphatic heterocycles. The average molecular weight is 395 g/mol. The Morgan fingerprint density at radius 2 is 1.72 bits per heavy atom. The molecule has 3 rings (SSSR count). The van der Waals surface area contributed by atoms with Crippen LogP contribution in [0.2, 0.25) is 0 Å². The van der Waals surface area contributed by atoms with Crippen molar-refractivity contribution in [3.05, 3.63) is 74.3 Å². The Kier molecular flexibility index (Phi) is 6.16. The number of nitrogens with zero attached hydrogens (tertiary/aromatic N) is 2. The van der Waals surface area contributed by atoms with Gasteiger partial charge in [-0.05, 0) is 49.2 Å². The molecule has 0 spiro atoms. The van der Waals surface area contributed by atoms with E-state index in [9.17, 15) is 14.4 Å². The van der Waals surface area contributed by atoms with E-state index in [-0.39, 0.29) is 30.0 Å². The number of amides is 1. The molecule has 152 valence electrons. The van der Waals surface area contributed by atoms with Gasteiger partial charge in [0.2, 0.25) is 5.91 Å². The number of aryl methyl sites for hydroxylation is 3. The minimum atomic E-state index is -0.345. The van der Waals surface area contributed by atoms with Crippen LogP contribution < -0.4 is 15.9 Å². The van der Waals surface area contributed by atoms with Crippen LogP contribution >= 0.6 is 0 Å². The van der Waals surface area contributed by atoms with Crippen molar-refractivity contribution in [1.29, 1.82) is 0 Å². The molecule has 0 atom stereocenters. The van der Waals surface area contributed by atoms with Crippen molar-refractivity contribution in [2.75, 3.05) is 20.2 Å². The lowest BCUT2D eigenvalue weighted by molar-refractivity contribution is -0.130. The van der Waals surface area contributed by atoms with Gasteiger partial charge in [0.1, 0.15) is 12.4 Å². The Morgan fingerprint density at radius 3 is 2.41 bits per heavy atom. The van der Waals surface area contributed by atoms with Gasteiger partial charge in [-0.1, -0.05) is 18.2 Å². The number of hydrogen-bond donors (Lipinski definition) is 1. The number of H-pyrrole nitrogens is 1. The fourth-order valence-electron chi connectivity index (χ4n) is 3.24. The summed E-state index contributed by atoms with van der Waals surface area (Å²) < 4.78 is 6.93. The first-order valence-electron chi connectivity index (χ1n) is 9.52. The number of ether oxygens (including phenoxy) is 1. The van der Waals surface area contributed by atoms with E-state index in [2.05, 4.69) is 11.2 Å². The number of rotatable bonds is 7. The monoisotopic (exact) mass is 395 g/mol. The maximum Gasteiger partial charge on any atom is 0.273 e. The first-order valence-corrected chi connectivity index (χ1v) is 9.52. The van der Waals surface area contributed by atoms with Gasteiger partial charge < -0.3 is 9.64 Å². The zero-order valence-corrected chi connectivity index (χ0v) is 16.9. The smallest absolute Gasteiger partial charge is 0.273 e. The summed E-state index contributed by atoms with van der Waals surface area (Å²) in [5.41, 5.74) is 1.59. The summed E-state index contributed by atoms with van der Waals surface area (Å²) >= 11 is 0. The maximum atomic E-state index is 12.5. The Bertz CT molecular complexity index is 1130. The van der Waals surface area contributed by atoms with Gasteiger partial charge in [-0.3, -0.25) is 19.5 Å². The predicted octanol–water partition coefficient (Wildman–Crippen LogP) is 2.23. The average Bonchev–Trinajstić information content (AvgIpc) is 2.68. The molecule has 0 bridgehead atoms. The molecule has 2 aromatic carbocycles. The Morgan fingerprint density at radius 1 is 1.07 bits per heavy atom. The molecule has 1 aromatic heterocycles. The molecule has 7 nitrogen and oxygen atoms in total. The molecule has 0 saturated carbocycles. The molecule has 0 radical (unpaired) electrons. The van der Waals surface area contributed by atoms with E-state index in [0.717, 1.165) is 16.9 Å². The van der Waals surface area contributed by atoms with Gasteiger partial charge >= 0.3 is 0 Å². The van der Waals surface area contributed by atoms with Crippen LogP contribution in [-0.4, -0.2) is 40.8 Å². The lowest BCUT2D eigenvalue weighted by Crippen LogP contribution is -2.34. The fourth-order valence-corrected chi connectivity index (χ4v) is 3.24. The second-order valence-corrected chi connectivity index (χ2v) is 7.18. The number of hydrogen-bond acceptors (Lipinski definition) is 4. The van der Waals surface area contributed by atoms with Crippen LogP contribution in [0.3, 0.4) is 0 Å². The third-order valence-electron chi connectivity index (χ3n) is 4.75. The van der Waals surface area contributed by atoms with Crippen LogP contribution in [0.5, 0.6) is 5.75 Å². The number of aromatic amines is 1. The van der Waals surface area contributed by atoms with Gasteiger partial charge in [-0.15, -0.1) is 0 Å². The highest BCUT2D eigenvalue weighted by molar-refractivity contribution is 5.80. The second-order valence-electron chi connectivity index (χ2n) is 7.18. The maximum absolute atomic E-state index is 12.5. The van der Waals surface area contributed by atoms with E-state index in [4.69, 9.17) is 4.74 Å². The summed E-state index contributed by atoms with van der Waals surface area (Å²) in [7, 11) is 1.69. The van der Waals surface area contributed by atoms with Gasteiger partial charge in [-0.2, -0.15) is 0 Å². The van der Waals surface area contributed by atoms with Crippen LogP contribution in [0.4, 0.5) is 0 Å². The standard InChI is InChI=1S/C22H25N3O4/c1-15-12-16(2)14-17(13-15)29-11-10-24(3)20(26)8-9-25-22(28)19-7-5-4-6-18(19)21(27)23-25/h4-7,12-14H,8-11H2,1-3H3,(H,23,27). The number of fused-ring (bicyclic) bond motifs is 1. The minimum absolute atomic E-state index is 0.105. The zero-order chi connectivity index (χ0) is 21.0. The predicted molar refractivity (Wildman–Crippen MR) is 112 cm³/mol. The van der Waals surface area contributed by atoms with Crippen molar-refractivity contribution in [2.24, 2.45) is 0 Å². The summed E-state index contributed by atoms with van der Waals surface area (Å²) in [5, 5.41) is 3.24. The van der Waals surface area contributed by atoms with E-state index >= 15 is 0 Å². The largest absolute Gasteiger partial charge is 0.492 e. The Balaban J connectivity index is 1.56. The number of benzene rings is 2. The lowest BCUT2D eigenvalue weighted by Gasteiger charge is -2.18. The first-order chi connectivity index (χ1) is 13.8. The molecule has 1 N–H and O–H groups in total. The number of nitrogens with one attached hydrogen (secondary N) is 1. The van der Waals surface area contributed by atoms with Crippen LogP contribution in [0.1, 0.15) is 17.5 Å². The number of aromatic nitrogens is 2. The molecular formula is C22H25N3O4. The van der Waals surface area contributed by atoms with Crippen molar-refractivity contribution in [2.45, 2.75) is 26.8 Å². The summed E-state index contributed by atoms with van der Waals surface area (Å²) in [6.45, 7) is 4.93. The topological polar surface area (TPSA) is 84.4 Å². The molecular weight excluding hydrogens is 370 g/mol. The minimum Gasteiger partial charge on any atom is -0.492 e. The highest BCUT2D eigenvalue weighted by Gasteiger charge is 2.12. The molecule has 0 saturated heterocycles. The summed E-state index contributed by atoms with van der Waals surface area (Å²) in [5.74, 6) is 0.651. The molecule has 3 aromatic rings. The van der Waals surface area contributed by atoms with E-state index in [1.807, 2.05) is 26.0 Å². The van der Waals surface area contributed by atoms with E-state index in [1.54, 1.807) is 36.2 Å². The van der Waals surface area contributed by atoms with Gasteiger partial charge in [0.05, 0.1) is 23.9 Å². The van der Waals surface area contributed by atoms with Crippen LogP contribution in [-0.2, 0) is 11.3 Å². The number of carbonyl (C=O) groups is 1. The second kappa shape index (κ2) is 8.77. The lowest BCUT2D eigenvalue weighted by atomic mass is 10.1. The van der Waals surface area contributed by atoms with Crippen molar-refractivity contribution in [3.8, 4) is 5.75 Å². The number of likely N-dealkylation sites (N-methyl/N-ethyl adjacent to an activating group) is 1. The van der Waals surface area contributed by atoms with E-state index < -0.39 is 0 Å². The van der Waals surface area contributed by atoms with E-state index in [1.165, 1.54) is 4.68 Å². The highest BCUT2D eigenvalue weighted by Crippen LogP contribution is 2.16. The third-order valence-corrected chi connectivity index (χ3v) is 4.75. The van der Waals surface area contributed by atoms with Crippen LogP contribution in [0.25, 0.3) is 10.8 Å². The third kappa shape index (κ3) is 4.93. The van der Waals surface area contributed by atoms with Gasteiger partial charge in [-0.25, -0.2) is 4.68 Å². The van der Waals surface area contributed by atoms with Crippen molar-refractivity contribution >= 4 is 16.7 Å². The highest BCUT2D eigenvalue weighted by atomic mass is 16.5. The zero-order valence-electron chi connectivity index (χ0n) is 16.9. The van der Waals surface area contributed by atoms with Crippen LogP contribution in [0.15, 0.2) is 52.1 Å². The molecule has 1 heterocycles. The van der Waals surface area contributed by atoms with Crippen molar-refractivity contribution < 1.29 is 9.53 Å². The van der Waals surface area contributed by atoms with E-state index in [0.29, 0.717) is 23.9 Å². The molecule has 0 unspecified atom stereocenters. The van der Waals surface area contributed by atoms with Gasteiger partial charge in [0, 0.05) is 13.5 Å².